The van der Waals surface area contributed by atoms with Gasteiger partial charge in [0.1, 0.15) is 18.0 Å². The van der Waals surface area contributed by atoms with Gasteiger partial charge in [-0.15, -0.1) is 0 Å². The number of benzene rings is 3. The number of carbonyl (C=O) groups is 1. The van der Waals surface area contributed by atoms with E-state index in [9.17, 15) is 23.3 Å². The summed E-state index contributed by atoms with van der Waals surface area (Å²) in [6, 6.07) is 16.5. The number of nitro benzene ring substituents is 1. The minimum atomic E-state index is -4.34. The van der Waals surface area contributed by atoms with E-state index in [1.54, 1.807) is 50.4 Å². The highest BCUT2D eigenvalue weighted by Gasteiger charge is 2.29. The highest BCUT2D eigenvalue weighted by atomic mass is 32.2. The summed E-state index contributed by atoms with van der Waals surface area (Å²) < 4.78 is 38.4. The minimum absolute atomic E-state index is 0.200. The van der Waals surface area contributed by atoms with Crippen molar-refractivity contribution < 1.29 is 27.6 Å². The van der Waals surface area contributed by atoms with Crippen molar-refractivity contribution >= 4 is 27.3 Å². The van der Waals surface area contributed by atoms with Gasteiger partial charge in [0, 0.05) is 11.6 Å². The Bertz CT molecular complexity index is 1340. The first-order chi connectivity index (χ1) is 17.1. The fraction of sp³-hybridized carbons (Fsp3) is 0.240. The number of hydrogen-bond acceptors (Lipinski definition) is 7. The van der Waals surface area contributed by atoms with Crippen molar-refractivity contribution in [1.29, 1.82) is 0 Å². The third kappa shape index (κ3) is 5.92. The lowest BCUT2D eigenvalue weighted by Gasteiger charge is -2.25. The van der Waals surface area contributed by atoms with Gasteiger partial charge in [0.15, 0.2) is 0 Å². The summed E-state index contributed by atoms with van der Waals surface area (Å²) in [4.78, 5) is 23.4. The van der Waals surface area contributed by atoms with E-state index >= 15 is 0 Å². The molecule has 0 heterocycles. The van der Waals surface area contributed by atoms with Crippen LogP contribution in [0.25, 0.3) is 0 Å². The molecule has 1 N–H and O–H groups in total. The molecule has 0 unspecified atom stereocenters. The highest BCUT2D eigenvalue weighted by Crippen LogP contribution is 2.29. The number of anilines is 1. The van der Waals surface area contributed by atoms with E-state index < -0.39 is 33.4 Å². The highest BCUT2D eigenvalue weighted by molar-refractivity contribution is 7.92. The van der Waals surface area contributed by atoms with Gasteiger partial charge in [0.05, 0.1) is 35.8 Å². The summed E-state index contributed by atoms with van der Waals surface area (Å²) in [5, 5.41) is 14.2. The van der Waals surface area contributed by atoms with Crippen LogP contribution in [-0.2, 0) is 14.8 Å². The van der Waals surface area contributed by atoms with Crippen molar-refractivity contribution in [1.82, 2.24) is 5.32 Å². The fourth-order valence-corrected chi connectivity index (χ4v) is 4.97. The summed E-state index contributed by atoms with van der Waals surface area (Å²) in [5.74, 6) is 0.611. The molecule has 0 fully saturated rings. The van der Waals surface area contributed by atoms with Crippen molar-refractivity contribution in [3.05, 3.63) is 88.0 Å². The summed E-state index contributed by atoms with van der Waals surface area (Å²) in [6.07, 6.45) is 0. The fourth-order valence-electron chi connectivity index (χ4n) is 3.53. The number of nitrogens with zero attached hydrogens (tertiary/aromatic N) is 2. The smallest absolute Gasteiger partial charge is 0.273 e. The minimum Gasteiger partial charge on any atom is -0.497 e. The quantitative estimate of drug-likeness (QED) is 0.321. The number of hydrogen-bond donors (Lipinski definition) is 1. The summed E-state index contributed by atoms with van der Waals surface area (Å²) in [5.41, 5.74) is 0.993. The summed E-state index contributed by atoms with van der Waals surface area (Å²) >= 11 is 0. The Morgan fingerprint density at radius 3 is 2.08 bits per heavy atom. The first kappa shape index (κ1) is 26.5. The zero-order valence-electron chi connectivity index (χ0n) is 20.3. The Kier molecular flexibility index (Phi) is 8.15. The van der Waals surface area contributed by atoms with E-state index in [2.05, 4.69) is 5.32 Å². The molecule has 10 nitrogen and oxygen atoms in total. The van der Waals surface area contributed by atoms with E-state index in [0.29, 0.717) is 17.1 Å². The van der Waals surface area contributed by atoms with Gasteiger partial charge >= 0.3 is 0 Å². The molecule has 0 radical (unpaired) electrons. The number of amides is 1. The molecule has 3 aromatic carbocycles. The van der Waals surface area contributed by atoms with Crippen molar-refractivity contribution in [2.45, 2.75) is 24.8 Å². The monoisotopic (exact) mass is 513 g/mol. The molecule has 0 saturated carbocycles. The summed E-state index contributed by atoms with van der Waals surface area (Å²) in [7, 11) is -1.31. The molecular formula is C25H27N3O7S. The van der Waals surface area contributed by atoms with Crippen LogP contribution < -0.4 is 19.1 Å². The van der Waals surface area contributed by atoms with Crippen LogP contribution in [0.4, 0.5) is 11.4 Å². The number of nitro groups is 1. The van der Waals surface area contributed by atoms with Crippen molar-refractivity contribution in [3.63, 3.8) is 0 Å². The van der Waals surface area contributed by atoms with Gasteiger partial charge in [-0.3, -0.25) is 19.2 Å². The molecule has 3 aromatic rings. The van der Waals surface area contributed by atoms with Crippen molar-refractivity contribution in [2.24, 2.45) is 0 Å². The van der Waals surface area contributed by atoms with Crippen LogP contribution in [-0.4, -0.2) is 40.0 Å². The lowest BCUT2D eigenvalue weighted by Crippen LogP contribution is -2.41. The molecule has 11 heteroatoms. The predicted octanol–water partition coefficient (Wildman–Crippen LogP) is 3.99. The Labute approximate surface area is 209 Å². The third-order valence-corrected chi connectivity index (χ3v) is 7.38. The third-order valence-electron chi connectivity index (χ3n) is 5.61. The maximum atomic E-state index is 13.6. The van der Waals surface area contributed by atoms with Crippen LogP contribution in [0.5, 0.6) is 11.5 Å². The summed E-state index contributed by atoms with van der Waals surface area (Å²) in [6.45, 7) is 2.75. The van der Waals surface area contributed by atoms with Crippen LogP contribution in [0, 0.1) is 17.0 Å². The average molecular weight is 514 g/mol. The number of nitrogens with one attached hydrogen (secondary N) is 1. The molecule has 1 atom stereocenters. The Hall–Kier alpha value is -4.12. The van der Waals surface area contributed by atoms with Gasteiger partial charge in [-0.2, -0.15) is 0 Å². The first-order valence-electron chi connectivity index (χ1n) is 10.9. The zero-order valence-corrected chi connectivity index (χ0v) is 21.1. The standard InChI is InChI=1S/C25H27N3O7S/c1-17-5-14-23(15-24(17)28(30)31)36(32,33)27(20-8-12-22(35-4)13-9-20)16-25(29)26-18(2)19-6-10-21(34-3)11-7-19/h5-15,18H,16H2,1-4H3,(H,26,29)/t18-/m0/s1. The molecule has 0 aliphatic rings. The van der Waals surface area contributed by atoms with Gasteiger partial charge in [0.2, 0.25) is 5.91 Å². The number of ether oxygens (including phenoxy) is 2. The molecular weight excluding hydrogens is 486 g/mol. The molecule has 1 amide bonds. The van der Waals surface area contributed by atoms with Gasteiger partial charge < -0.3 is 14.8 Å². The second-order valence-corrected chi connectivity index (χ2v) is 9.84. The SMILES string of the molecule is COc1ccc([C@H](C)NC(=O)CN(c2ccc(OC)cc2)S(=O)(=O)c2ccc(C)c([N+](=O)[O-])c2)cc1. The topological polar surface area (TPSA) is 128 Å². The number of methoxy groups -OCH3 is 2. The maximum Gasteiger partial charge on any atom is 0.273 e. The molecule has 0 spiro atoms. The molecule has 0 saturated heterocycles. The molecule has 0 aliphatic heterocycles. The molecule has 3 rings (SSSR count). The van der Waals surface area contributed by atoms with Gasteiger partial charge in [0.25, 0.3) is 15.7 Å². The second kappa shape index (κ2) is 11.1. The Balaban J connectivity index is 1.94. The van der Waals surface area contributed by atoms with Gasteiger partial charge in [-0.25, -0.2) is 8.42 Å². The van der Waals surface area contributed by atoms with E-state index in [0.717, 1.165) is 15.9 Å². The largest absolute Gasteiger partial charge is 0.497 e. The number of sulfonamides is 1. The molecule has 0 aliphatic carbocycles. The second-order valence-electron chi connectivity index (χ2n) is 7.98. The van der Waals surface area contributed by atoms with E-state index in [-0.39, 0.29) is 16.3 Å². The lowest BCUT2D eigenvalue weighted by atomic mass is 10.1. The van der Waals surface area contributed by atoms with E-state index in [1.807, 2.05) is 0 Å². The molecule has 0 aromatic heterocycles. The van der Waals surface area contributed by atoms with Gasteiger partial charge in [-0.1, -0.05) is 18.2 Å². The molecule has 36 heavy (non-hydrogen) atoms. The van der Waals surface area contributed by atoms with Crippen LogP contribution in [0.2, 0.25) is 0 Å². The van der Waals surface area contributed by atoms with Crippen LogP contribution in [0.3, 0.4) is 0 Å². The lowest BCUT2D eigenvalue weighted by molar-refractivity contribution is -0.385. The average Bonchev–Trinajstić information content (AvgIpc) is 2.87. The molecule has 0 bridgehead atoms. The van der Waals surface area contributed by atoms with Crippen LogP contribution >= 0.6 is 0 Å². The first-order valence-corrected chi connectivity index (χ1v) is 12.4. The van der Waals surface area contributed by atoms with Gasteiger partial charge in [-0.05, 0) is 61.9 Å². The molecule has 190 valence electrons. The zero-order chi connectivity index (χ0) is 26.5. The number of carbonyl (C=O) groups excluding carboxylic acids is 1. The van der Waals surface area contributed by atoms with Crippen molar-refractivity contribution in [2.75, 3.05) is 25.1 Å². The van der Waals surface area contributed by atoms with Crippen LogP contribution in [0.1, 0.15) is 24.1 Å². The van der Waals surface area contributed by atoms with E-state index in [4.69, 9.17) is 9.47 Å². The Morgan fingerprint density at radius 2 is 1.56 bits per heavy atom. The Morgan fingerprint density at radius 1 is 1.00 bits per heavy atom. The maximum absolute atomic E-state index is 13.6. The van der Waals surface area contributed by atoms with Crippen molar-refractivity contribution in [3.8, 4) is 11.5 Å². The number of aryl methyl sites for hydroxylation is 1. The van der Waals surface area contributed by atoms with E-state index in [1.165, 1.54) is 38.3 Å². The van der Waals surface area contributed by atoms with Crippen LogP contribution in [0.15, 0.2) is 71.6 Å². The normalized spacial score (nSPS) is 11.9. The number of rotatable bonds is 10. The predicted molar refractivity (Wildman–Crippen MR) is 135 cm³/mol.